The van der Waals surface area contributed by atoms with Crippen LogP contribution in [0.2, 0.25) is 0 Å². The Morgan fingerprint density at radius 2 is 1.91 bits per heavy atom. The molecule has 0 aromatic carbocycles. The van der Waals surface area contributed by atoms with Crippen LogP contribution in [0.25, 0.3) is 16.2 Å². The van der Waals surface area contributed by atoms with Gasteiger partial charge in [-0.3, -0.25) is 0 Å². The van der Waals surface area contributed by atoms with E-state index < -0.39 is 25.1 Å². The molecule has 22 heavy (non-hydrogen) atoms. The van der Waals surface area contributed by atoms with Gasteiger partial charge in [0.15, 0.2) is 10.7 Å². The van der Waals surface area contributed by atoms with Crippen molar-refractivity contribution in [2.75, 3.05) is 0 Å². The zero-order valence-corrected chi connectivity index (χ0v) is 12.8. The van der Waals surface area contributed by atoms with Crippen LogP contribution in [0, 0.1) is 0 Å². The Morgan fingerprint density at radius 3 is 2.50 bits per heavy atom. The quantitative estimate of drug-likeness (QED) is 0.651. The van der Waals surface area contributed by atoms with E-state index in [1.807, 2.05) is 0 Å². The third-order valence-corrected chi connectivity index (χ3v) is 5.07. The smallest absolute Gasteiger partial charge is 0.235 e. The first-order chi connectivity index (χ1) is 10.2. The molecular weight excluding hydrogens is 363 g/mol. The van der Waals surface area contributed by atoms with E-state index in [0.717, 1.165) is 10.6 Å². The maximum absolute atomic E-state index is 12.7. The van der Waals surface area contributed by atoms with E-state index in [9.17, 15) is 21.6 Å². The molecule has 0 atom stereocenters. The van der Waals surface area contributed by atoms with Crippen molar-refractivity contribution in [1.82, 2.24) is 14.6 Å². The molecule has 0 aliphatic rings. The zero-order chi connectivity index (χ0) is 16.1. The number of halogens is 4. The zero-order valence-electron chi connectivity index (χ0n) is 10.4. The fraction of sp³-hybridized carbons (Fsp3) is 0.0909. The lowest BCUT2D eigenvalue weighted by molar-refractivity contribution is -0.134. The Hall–Kier alpha value is -1.65. The highest BCUT2D eigenvalue weighted by Crippen LogP contribution is 2.38. The van der Waals surface area contributed by atoms with Crippen molar-refractivity contribution in [1.29, 1.82) is 0 Å². The molecule has 0 bridgehead atoms. The van der Waals surface area contributed by atoms with Crippen molar-refractivity contribution in [2.24, 2.45) is 0 Å². The molecule has 3 rings (SSSR count). The largest absolute Gasteiger partial charge is 0.425 e. The van der Waals surface area contributed by atoms with Crippen LogP contribution in [-0.4, -0.2) is 23.0 Å². The molecule has 11 heteroatoms. The predicted molar refractivity (Wildman–Crippen MR) is 74.3 cm³/mol. The number of fused-ring (bicyclic) bond motifs is 1. The van der Waals surface area contributed by atoms with Crippen molar-refractivity contribution in [2.45, 2.75) is 11.2 Å². The molecule has 5 nitrogen and oxygen atoms in total. The number of rotatable bonds is 2. The van der Waals surface area contributed by atoms with Crippen LogP contribution in [0.3, 0.4) is 0 Å². The highest BCUT2D eigenvalue weighted by atomic mass is 35.7. The summed E-state index contributed by atoms with van der Waals surface area (Å²) in [6.45, 7) is 0. The average Bonchev–Trinajstić information content (AvgIpc) is 3.02. The topological polar surface area (TPSA) is 64.3 Å². The molecule has 0 radical (unpaired) electrons. The molecular formula is C11H5ClF3N3O2S2. The van der Waals surface area contributed by atoms with E-state index in [2.05, 4.69) is 10.1 Å². The second kappa shape index (κ2) is 4.93. The molecule has 3 aromatic heterocycles. The molecule has 3 heterocycles. The standard InChI is InChI=1S/C11H5ClF3N3O2S2/c12-22(19,20)10-4-3-9-16-5-6(18(9)17-10)7-1-2-8(21-7)11(13,14)15/h1-5H. The number of alkyl halides is 3. The highest BCUT2D eigenvalue weighted by molar-refractivity contribution is 8.13. The molecule has 3 aromatic rings. The fourth-order valence-electron chi connectivity index (χ4n) is 1.78. The Morgan fingerprint density at radius 1 is 1.18 bits per heavy atom. The third-order valence-electron chi connectivity index (χ3n) is 2.73. The number of hydrogen-bond donors (Lipinski definition) is 0. The summed E-state index contributed by atoms with van der Waals surface area (Å²) < 4.78 is 61.7. The van der Waals surface area contributed by atoms with Crippen LogP contribution >= 0.6 is 22.0 Å². The average molecular weight is 368 g/mol. The summed E-state index contributed by atoms with van der Waals surface area (Å²) in [5, 5.41) is 3.41. The minimum atomic E-state index is -4.44. The summed E-state index contributed by atoms with van der Waals surface area (Å²) in [6.07, 6.45) is -3.12. The summed E-state index contributed by atoms with van der Waals surface area (Å²) in [4.78, 5) is 3.47. The first kappa shape index (κ1) is 15.3. The molecule has 0 amide bonds. The van der Waals surface area contributed by atoms with Gasteiger partial charge in [-0.2, -0.15) is 18.3 Å². The van der Waals surface area contributed by atoms with E-state index in [4.69, 9.17) is 10.7 Å². The molecule has 0 spiro atoms. The summed E-state index contributed by atoms with van der Waals surface area (Å²) >= 11 is 0.517. The summed E-state index contributed by atoms with van der Waals surface area (Å²) in [5.41, 5.74) is 0.540. The Bertz CT molecular complexity index is 963. The molecule has 0 fully saturated rings. The van der Waals surface area contributed by atoms with Gasteiger partial charge >= 0.3 is 6.18 Å². The molecule has 116 valence electrons. The Kier molecular flexibility index (Phi) is 3.42. The maximum atomic E-state index is 12.7. The predicted octanol–water partition coefficient (Wildman–Crippen LogP) is 3.40. The second-order valence-corrected chi connectivity index (χ2v) is 7.78. The van der Waals surface area contributed by atoms with E-state index in [-0.39, 0.29) is 10.6 Å². The lowest BCUT2D eigenvalue weighted by Crippen LogP contribution is -2.01. The number of aromatic nitrogens is 3. The Balaban J connectivity index is 2.17. The van der Waals surface area contributed by atoms with Crippen LogP contribution in [0.1, 0.15) is 4.88 Å². The molecule has 0 aliphatic carbocycles. The van der Waals surface area contributed by atoms with Gasteiger partial charge in [0.05, 0.1) is 11.1 Å². The van der Waals surface area contributed by atoms with Gasteiger partial charge in [0, 0.05) is 10.7 Å². The molecule has 0 aliphatic heterocycles. The van der Waals surface area contributed by atoms with Crippen LogP contribution in [0.5, 0.6) is 0 Å². The van der Waals surface area contributed by atoms with Crippen LogP contribution < -0.4 is 0 Å². The first-order valence-corrected chi connectivity index (χ1v) is 8.76. The van der Waals surface area contributed by atoms with Crippen molar-refractivity contribution in [3.8, 4) is 10.6 Å². The number of nitrogens with zero attached hydrogens (tertiary/aromatic N) is 3. The van der Waals surface area contributed by atoms with E-state index >= 15 is 0 Å². The minimum Gasteiger partial charge on any atom is -0.235 e. The van der Waals surface area contributed by atoms with Crippen molar-refractivity contribution >= 4 is 36.7 Å². The molecule has 0 unspecified atom stereocenters. The maximum Gasteiger partial charge on any atom is 0.425 e. The lowest BCUT2D eigenvalue weighted by atomic mass is 10.3. The monoisotopic (exact) mass is 367 g/mol. The number of hydrogen-bond acceptors (Lipinski definition) is 5. The van der Waals surface area contributed by atoms with Gasteiger partial charge in [-0.1, -0.05) is 0 Å². The van der Waals surface area contributed by atoms with Gasteiger partial charge in [-0.15, -0.1) is 11.3 Å². The fourth-order valence-corrected chi connectivity index (χ4v) is 3.31. The van der Waals surface area contributed by atoms with Gasteiger partial charge in [0.2, 0.25) is 0 Å². The van der Waals surface area contributed by atoms with Crippen molar-refractivity contribution in [3.05, 3.63) is 35.3 Å². The van der Waals surface area contributed by atoms with Crippen molar-refractivity contribution in [3.63, 3.8) is 0 Å². The minimum absolute atomic E-state index is 0.248. The SMILES string of the molecule is O=S(=O)(Cl)c1ccc2ncc(-c3ccc(C(F)(F)F)s3)n2n1. The summed E-state index contributed by atoms with van der Waals surface area (Å²) in [7, 11) is 1.16. The molecule has 0 saturated heterocycles. The lowest BCUT2D eigenvalue weighted by Gasteiger charge is -2.02. The summed E-state index contributed by atoms with van der Waals surface area (Å²) in [6, 6.07) is 4.76. The third kappa shape index (κ3) is 2.69. The summed E-state index contributed by atoms with van der Waals surface area (Å²) in [5.74, 6) is 0. The van der Waals surface area contributed by atoms with Crippen LogP contribution in [0.15, 0.2) is 35.5 Å². The second-order valence-electron chi connectivity index (χ2n) is 4.18. The van der Waals surface area contributed by atoms with Gasteiger partial charge in [-0.25, -0.2) is 17.9 Å². The van der Waals surface area contributed by atoms with Gasteiger partial charge in [0.25, 0.3) is 9.05 Å². The Labute approximate surface area is 130 Å². The van der Waals surface area contributed by atoms with Crippen molar-refractivity contribution < 1.29 is 21.6 Å². The molecule has 0 saturated carbocycles. The number of imidazole rings is 1. The molecule has 0 N–H and O–H groups in total. The van der Waals surface area contributed by atoms with Gasteiger partial charge < -0.3 is 0 Å². The van der Waals surface area contributed by atoms with Crippen LogP contribution in [0.4, 0.5) is 13.2 Å². The van der Waals surface area contributed by atoms with E-state index in [1.165, 1.54) is 24.4 Å². The number of thiophene rings is 1. The van der Waals surface area contributed by atoms with E-state index in [1.54, 1.807) is 0 Å². The van der Waals surface area contributed by atoms with Gasteiger partial charge in [0.1, 0.15) is 10.6 Å². The normalized spacial score (nSPS) is 12.9. The first-order valence-electron chi connectivity index (χ1n) is 5.63. The van der Waals surface area contributed by atoms with Gasteiger partial charge in [-0.05, 0) is 24.3 Å². The highest BCUT2D eigenvalue weighted by Gasteiger charge is 2.32. The van der Waals surface area contributed by atoms with Crippen LogP contribution in [-0.2, 0) is 15.2 Å². The van der Waals surface area contributed by atoms with E-state index in [0.29, 0.717) is 17.0 Å².